The first kappa shape index (κ1) is 19.7. The molecule has 0 unspecified atom stereocenters. The van der Waals surface area contributed by atoms with Gasteiger partial charge in [0.1, 0.15) is 18.2 Å². The number of halogens is 2. The highest BCUT2D eigenvalue weighted by atomic mass is 35.5. The highest BCUT2D eigenvalue weighted by molar-refractivity contribution is 7.98. The van der Waals surface area contributed by atoms with Crippen LogP contribution in [0.3, 0.4) is 0 Å². The Morgan fingerprint density at radius 3 is 2.67 bits per heavy atom. The number of aryl methyl sites for hydroxylation is 2. The fourth-order valence-electron chi connectivity index (χ4n) is 2.73. The Morgan fingerprint density at radius 1 is 1.15 bits per heavy atom. The van der Waals surface area contributed by atoms with Gasteiger partial charge in [0.2, 0.25) is 0 Å². The monoisotopic (exact) mass is 405 g/mol. The van der Waals surface area contributed by atoms with Gasteiger partial charge in [-0.15, -0.1) is 10.2 Å². The molecule has 0 aliphatic carbocycles. The van der Waals surface area contributed by atoms with Crippen molar-refractivity contribution < 1.29 is 9.13 Å². The van der Waals surface area contributed by atoms with Gasteiger partial charge in [0, 0.05) is 17.3 Å². The molecule has 1 aromatic heterocycles. The first-order chi connectivity index (χ1) is 13.0. The van der Waals surface area contributed by atoms with Crippen LogP contribution >= 0.6 is 23.4 Å². The summed E-state index contributed by atoms with van der Waals surface area (Å²) in [6, 6.07) is 10.5. The van der Waals surface area contributed by atoms with Crippen molar-refractivity contribution in [3.8, 4) is 5.75 Å². The maximum atomic E-state index is 13.2. The van der Waals surface area contributed by atoms with E-state index in [2.05, 4.69) is 23.2 Å². The van der Waals surface area contributed by atoms with Gasteiger partial charge in [-0.3, -0.25) is 0 Å². The fraction of sp³-hybridized carbons (Fsp3) is 0.300. The summed E-state index contributed by atoms with van der Waals surface area (Å²) in [5.41, 5.74) is 3.16. The van der Waals surface area contributed by atoms with Crippen LogP contribution in [0.4, 0.5) is 4.39 Å². The molecule has 3 aromatic rings. The second-order valence-electron chi connectivity index (χ2n) is 6.23. The minimum absolute atomic E-state index is 0.337. The van der Waals surface area contributed by atoms with Crippen LogP contribution in [0.2, 0.25) is 5.02 Å². The lowest BCUT2D eigenvalue weighted by molar-refractivity contribution is 0.286. The van der Waals surface area contributed by atoms with Gasteiger partial charge in [0.25, 0.3) is 0 Å². The van der Waals surface area contributed by atoms with E-state index < -0.39 is 0 Å². The van der Waals surface area contributed by atoms with Crippen molar-refractivity contribution in [3.63, 3.8) is 0 Å². The molecule has 0 saturated heterocycles. The molecule has 1 heterocycles. The lowest BCUT2D eigenvalue weighted by Crippen LogP contribution is -2.07. The van der Waals surface area contributed by atoms with Gasteiger partial charge in [-0.1, -0.05) is 47.1 Å². The third kappa shape index (κ3) is 4.82. The number of nitrogens with zero attached hydrogens (tertiary/aromatic N) is 3. The molecule has 0 atom stereocenters. The predicted molar refractivity (Wildman–Crippen MR) is 107 cm³/mol. The number of benzene rings is 2. The molecule has 3 rings (SSSR count). The van der Waals surface area contributed by atoms with E-state index in [9.17, 15) is 4.39 Å². The Kier molecular flexibility index (Phi) is 6.39. The predicted octanol–water partition coefficient (Wildman–Crippen LogP) is 5.58. The van der Waals surface area contributed by atoms with E-state index in [1.807, 2.05) is 30.5 Å². The highest BCUT2D eigenvalue weighted by Crippen LogP contribution is 2.27. The van der Waals surface area contributed by atoms with E-state index >= 15 is 0 Å². The molecular weight excluding hydrogens is 385 g/mol. The molecule has 7 heteroatoms. The van der Waals surface area contributed by atoms with Crippen LogP contribution in [-0.4, -0.2) is 14.8 Å². The third-order valence-electron chi connectivity index (χ3n) is 4.17. The largest absolute Gasteiger partial charge is 0.485 e. The van der Waals surface area contributed by atoms with Crippen molar-refractivity contribution in [2.24, 2.45) is 0 Å². The van der Waals surface area contributed by atoms with E-state index in [1.54, 1.807) is 6.07 Å². The lowest BCUT2D eigenvalue weighted by Gasteiger charge is -2.11. The van der Waals surface area contributed by atoms with Gasteiger partial charge in [0.05, 0.1) is 0 Å². The molecule has 0 N–H and O–H groups in total. The van der Waals surface area contributed by atoms with Crippen molar-refractivity contribution in [3.05, 3.63) is 69.8 Å². The zero-order chi connectivity index (χ0) is 19.4. The molecule has 0 fully saturated rings. The molecule has 142 valence electrons. The maximum absolute atomic E-state index is 13.2. The molecule has 0 spiro atoms. The van der Waals surface area contributed by atoms with Crippen LogP contribution in [-0.2, 0) is 18.9 Å². The summed E-state index contributed by atoms with van der Waals surface area (Å²) < 4.78 is 21.1. The summed E-state index contributed by atoms with van der Waals surface area (Å²) in [7, 11) is 0. The summed E-state index contributed by atoms with van der Waals surface area (Å²) in [5, 5.41) is 9.76. The Balaban J connectivity index is 1.68. The van der Waals surface area contributed by atoms with Crippen LogP contribution in [0, 0.1) is 19.7 Å². The molecule has 0 bridgehead atoms. The van der Waals surface area contributed by atoms with Crippen LogP contribution < -0.4 is 4.74 Å². The van der Waals surface area contributed by atoms with Gasteiger partial charge in [-0.2, -0.15) is 0 Å². The first-order valence-corrected chi connectivity index (χ1v) is 10.0. The maximum Gasteiger partial charge on any atom is 0.191 e. The van der Waals surface area contributed by atoms with E-state index in [1.165, 1.54) is 29.5 Å². The van der Waals surface area contributed by atoms with Gasteiger partial charge in [-0.05, 0) is 50.1 Å². The van der Waals surface area contributed by atoms with Crippen molar-refractivity contribution in [1.82, 2.24) is 14.8 Å². The van der Waals surface area contributed by atoms with Crippen molar-refractivity contribution in [2.75, 3.05) is 0 Å². The van der Waals surface area contributed by atoms with Gasteiger partial charge in [-0.25, -0.2) is 4.39 Å². The zero-order valence-electron chi connectivity index (χ0n) is 15.5. The molecule has 0 amide bonds. The average molecular weight is 406 g/mol. The van der Waals surface area contributed by atoms with E-state index in [4.69, 9.17) is 16.3 Å². The molecule has 0 aliphatic heterocycles. The number of aromatic nitrogens is 3. The Morgan fingerprint density at radius 2 is 1.96 bits per heavy atom. The van der Waals surface area contributed by atoms with Crippen LogP contribution in [0.25, 0.3) is 0 Å². The summed E-state index contributed by atoms with van der Waals surface area (Å²) in [4.78, 5) is 0. The molecule has 0 saturated carbocycles. The second-order valence-corrected chi connectivity index (χ2v) is 7.57. The number of hydrogen-bond acceptors (Lipinski definition) is 4. The second kappa shape index (κ2) is 8.76. The summed E-state index contributed by atoms with van der Waals surface area (Å²) in [5.74, 6) is 1.87. The van der Waals surface area contributed by atoms with Crippen LogP contribution in [0.15, 0.2) is 41.6 Å². The Bertz CT molecular complexity index is 872. The number of rotatable bonds is 7. The topological polar surface area (TPSA) is 39.9 Å². The molecule has 0 radical (unpaired) electrons. The molecule has 27 heavy (non-hydrogen) atoms. The summed E-state index contributed by atoms with van der Waals surface area (Å²) in [6.45, 7) is 7.21. The highest BCUT2D eigenvalue weighted by Gasteiger charge is 2.13. The smallest absolute Gasteiger partial charge is 0.191 e. The number of hydrogen-bond donors (Lipinski definition) is 0. The van der Waals surface area contributed by atoms with E-state index in [0.29, 0.717) is 17.4 Å². The van der Waals surface area contributed by atoms with Gasteiger partial charge < -0.3 is 9.30 Å². The van der Waals surface area contributed by atoms with Gasteiger partial charge >= 0.3 is 0 Å². The number of ether oxygens (including phenoxy) is 1. The van der Waals surface area contributed by atoms with Crippen molar-refractivity contribution in [2.45, 2.75) is 44.8 Å². The summed E-state index contributed by atoms with van der Waals surface area (Å²) >= 11 is 7.62. The molecule has 4 nitrogen and oxygen atoms in total. The minimum atomic E-state index is -0.337. The molecule has 0 aliphatic rings. The zero-order valence-corrected chi connectivity index (χ0v) is 17.1. The average Bonchev–Trinajstić information content (AvgIpc) is 3.02. The quantitative estimate of drug-likeness (QED) is 0.481. The Hall–Kier alpha value is -2.05. The lowest BCUT2D eigenvalue weighted by atomic mass is 10.1. The van der Waals surface area contributed by atoms with Crippen molar-refractivity contribution in [1.29, 1.82) is 0 Å². The normalized spacial score (nSPS) is 11.0. The Labute approximate surface area is 167 Å². The van der Waals surface area contributed by atoms with Crippen LogP contribution in [0.1, 0.15) is 29.4 Å². The summed E-state index contributed by atoms with van der Waals surface area (Å²) in [6.07, 6.45) is 0. The van der Waals surface area contributed by atoms with Crippen LogP contribution in [0.5, 0.6) is 5.75 Å². The van der Waals surface area contributed by atoms with Crippen molar-refractivity contribution >= 4 is 23.4 Å². The standard InChI is InChI=1S/C20H21ClFN3OS/c1-4-25-19(11-26-18-8-5-13(2)9-14(18)3)23-24-20(25)27-12-15-6-7-16(22)10-17(15)21/h5-10H,4,11-12H2,1-3H3. The minimum Gasteiger partial charge on any atom is -0.485 e. The van der Waals surface area contributed by atoms with E-state index in [-0.39, 0.29) is 5.82 Å². The van der Waals surface area contributed by atoms with Gasteiger partial charge in [0.15, 0.2) is 11.0 Å². The number of thioether (sulfide) groups is 1. The first-order valence-electron chi connectivity index (χ1n) is 8.66. The van der Waals surface area contributed by atoms with E-state index in [0.717, 1.165) is 34.4 Å². The SMILES string of the molecule is CCn1c(COc2ccc(C)cc2C)nnc1SCc1ccc(F)cc1Cl. The fourth-order valence-corrected chi connectivity index (χ4v) is 4.07. The third-order valence-corrected chi connectivity index (χ3v) is 5.54. The molecular formula is C20H21ClFN3OS. The molecule has 2 aromatic carbocycles.